The van der Waals surface area contributed by atoms with Gasteiger partial charge in [0.25, 0.3) is 11.8 Å². The SMILES string of the molecule is COC(=O)NC(C(=O)N1CC2(CCCN2C(=O)OCc2ccccc2)C1=O)C(C)O. The van der Waals surface area contributed by atoms with Crippen molar-refractivity contribution in [3.8, 4) is 0 Å². The quantitative estimate of drug-likeness (QED) is 0.671. The minimum absolute atomic E-state index is 0.0167. The van der Waals surface area contributed by atoms with E-state index in [0.29, 0.717) is 19.4 Å². The molecular formula is C20H25N3O7. The zero-order valence-corrected chi connectivity index (χ0v) is 16.9. The van der Waals surface area contributed by atoms with Gasteiger partial charge in [-0.05, 0) is 25.3 Å². The number of β-lactam (4-membered cyclic amide) rings is 1. The number of carbonyl (C=O) groups excluding carboxylic acids is 4. The van der Waals surface area contributed by atoms with E-state index in [1.807, 2.05) is 30.3 Å². The van der Waals surface area contributed by atoms with Gasteiger partial charge in [-0.1, -0.05) is 30.3 Å². The monoisotopic (exact) mass is 419 g/mol. The topological polar surface area (TPSA) is 125 Å². The first-order chi connectivity index (χ1) is 14.3. The van der Waals surface area contributed by atoms with Gasteiger partial charge in [0.05, 0.1) is 19.8 Å². The minimum atomic E-state index is -1.33. The summed E-state index contributed by atoms with van der Waals surface area (Å²) in [5.74, 6) is -1.30. The summed E-state index contributed by atoms with van der Waals surface area (Å²) >= 11 is 0. The molecule has 2 aliphatic heterocycles. The third kappa shape index (κ3) is 3.95. The van der Waals surface area contributed by atoms with E-state index in [1.165, 1.54) is 11.8 Å². The molecule has 1 aromatic rings. The van der Waals surface area contributed by atoms with E-state index >= 15 is 0 Å². The average Bonchev–Trinajstić information content (AvgIpc) is 3.21. The van der Waals surface area contributed by atoms with Crippen LogP contribution in [-0.4, -0.2) is 76.8 Å². The number of likely N-dealkylation sites (tertiary alicyclic amines) is 2. The number of rotatable bonds is 5. The molecule has 0 saturated carbocycles. The van der Waals surface area contributed by atoms with Crippen molar-refractivity contribution in [1.82, 2.24) is 15.1 Å². The molecule has 162 valence electrons. The first-order valence-electron chi connectivity index (χ1n) is 9.67. The van der Waals surface area contributed by atoms with E-state index in [0.717, 1.165) is 17.6 Å². The average molecular weight is 419 g/mol. The summed E-state index contributed by atoms with van der Waals surface area (Å²) < 4.78 is 9.82. The molecule has 2 aliphatic rings. The van der Waals surface area contributed by atoms with Crippen LogP contribution in [0.4, 0.5) is 9.59 Å². The van der Waals surface area contributed by atoms with Gasteiger partial charge in [-0.2, -0.15) is 0 Å². The molecule has 30 heavy (non-hydrogen) atoms. The predicted octanol–water partition coefficient (Wildman–Crippen LogP) is 0.632. The smallest absolute Gasteiger partial charge is 0.411 e. The van der Waals surface area contributed by atoms with Crippen molar-refractivity contribution in [3.63, 3.8) is 0 Å². The summed E-state index contributed by atoms with van der Waals surface area (Å²) in [7, 11) is 1.13. The number of carbonyl (C=O) groups is 4. The van der Waals surface area contributed by atoms with Crippen LogP contribution >= 0.6 is 0 Å². The zero-order chi connectivity index (χ0) is 21.9. The fourth-order valence-corrected chi connectivity index (χ4v) is 3.81. The molecule has 3 atom stereocenters. The van der Waals surface area contributed by atoms with Crippen molar-refractivity contribution in [2.75, 3.05) is 20.2 Å². The second-order valence-corrected chi connectivity index (χ2v) is 7.41. The molecule has 0 aromatic heterocycles. The molecule has 0 aliphatic carbocycles. The molecule has 10 heteroatoms. The highest BCUT2D eigenvalue weighted by Crippen LogP contribution is 2.39. The first-order valence-corrected chi connectivity index (χ1v) is 9.67. The van der Waals surface area contributed by atoms with Crippen LogP contribution in [0.5, 0.6) is 0 Å². The van der Waals surface area contributed by atoms with Crippen LogP contribution in [0, 0.1) is 0 Å². The number of nitrogens with zero attached hydrogens (tertiary/aromatic N) is 2. The third-order valence-corrected chi connectivity index (χ3v) is 5.45. The standard InChI is InChI=1S/C20H25N3O7/c1-13(24)15(21-18(27)29-2)16(25)22-12-20(17(22)26)9-6-10-23(20)19(28)30-11-14-7-4-3-5-8-14/h3-5,7-8,13,15,24H,6,9-12H2,1-2H3,(H,21,27). The lowest BCUT2D eigenvalue weighted by atomic mass is 9.85. The summed E-state index contributed by atoms with van der Waals surface area (Å²) in [6, 6.07) is 7.84. The van der Waals surface area contributed by atoms with Gasteiger partial charge in [-0.3, -0.25) is 19.4 Å². The lowest BCUT2D eigenvalue weighted by Gasteiger charge is -2.50. The summed E-state index contributed by atoms with van der Waals surface area (Å²) in [5.41, 5.74) is -0.303. The Balaban J connectivity index is 1.65. The van der Waals surface area contributed by atoms with Crippen LogP contribution in [0.25, 0.3) is 0 Å². The fourth-order valence-electron chi connectivity index (χ4n) is 3.81. The maximum atomic E-state index is 12.9. The lowest BCUT2D eigenvalue weighted by Crippen LogP contribution is -2.76. The molecule has 3 rings (SSSR count). The molecule has 10 nitrogen and oxygen atoms in total. The molecule has 4 amide bonds. The Morgan fingerprint density at radius 1 is 1.27 bits per heavy atom. The molecule has 2 N–H and O–H groups in total. The highest BCUT2D eigenvalue weighted by molar-refractivity contribution is 6.09. The molecule has 1 spiro atoms. The predicted molar refractivity (Wildman–Crippen MR) is 103 cm³/mol. The number of methoxy groups -OCH3 is 1. The van der Waals surface area contributed by atoms with E-state index in [9.17, 15) is 24.3 Å². The van der Waals surface area contributed by atoms with Gasteiger partial charge in [0.15, 0.2) is 0 Å². The summed E-state index contributed by atoms with van der Waals surface area (Å²) in [6.07, 6.45) is -1.73. The molecule has 2 heterocycles. The second-order valence-electron chi connectivity index (χ2n) is 7.41. The number of aliphatic hydroxyl groups is 1. The third-order valence-electron chi connectivity index (χ3n) is 5.45. The number of benzene rings is 1. The first kappa shape index (κ1) is 21.6. The summed E-state index contributed by atoms with van der Waals surface area (Å²) in [4.78, 5) is 52.0. The van der Waals surface area contributed by atoms with Crippen LogP contribution in [0.15, 0.2) is 30.3 Å². The number of hydrogen-bond donors (Lipinski definition) is 2. The van der Waals surface area contributed by atoms with Gasteiger partial charge in [0, 0.05) is 6.54 Å². The van der Waals surface area contributed by atoms with E-state index in [1.54, 1.807) is 0 Å². The lowest BCUT2D eigenvalue weighted by molar-refractivity contribution is -0.170. The maximum Gasteiger partial charge on any atom is 0.411 e. The fraction of sp³-hybridized carbons (Fsp3) is 0.500. The van der Waals surface area contributed by atoms with Crippen LogP contribution < -0.4 is 5.32 Å². The Kier molecular flexibility index (Phi) is 6.25. The van der Waals surface area contributed by atoms with Gasteiger partial charge in [0.1, 0.15) is 18.2 Å². The molecule has 1 aromatic carbocycles. The van der Waals surface area contributed by atoms with Crippen molar-refractivity contribution in [2.45, 2.75) is 44.1 Å². The van der Waals surface area contributed by atoms with Crippen LogP contribution in [0.1, 0.15) is 25.3 Å². The van der Waals surface area contributed by atoms with Gasteiger partial charge in [-0.15, -0.1) is 0 Å². The van der Waals surface area contributed by atoms with Gasteiger partial charge >= 0.3 is 12.2 Å². The molecular weight excluding hydrogens is 394 g/mol. The molecule has 0 radical (unpaired) electrons. The highest BCUT2D eigenvalue weighted by atomic mass is 16.6. The van der Waals surface area contributed by atoms with Crippen molar-refractivity contribution in [2.24, 2.45) is 0 Å². The van der Waals surface area contributed by atoms with Crippen molar-refractivity contribution >= 4 is 24.0 Å². The normalized spacial score (nSPS) is 22.3. The molecule has 3 unspecified atom stereocenters. The Hall–Kier alpha value is -3.14. The number of hydrogen-bond acceptors (Lipinski definition) is 7. The van der Waals surface area contributed by atoms with E-state index in [4.69, 9.17) is 4.74 Å². The maximum absolute atomic E-state index is 12.9. The Bertz CT molecular complexity index is 829. The van der Waals surface area contributed by atoms with Crippen LogP contribution in [0.2, 0.25) is 0 Å². The van der Waals surface area contributed by atoms with Crippen molar-refractivity contribution < 1.29 is 33.8 Å². The summed E-state index contributed by atoms with van der Waals surface area (Å²) in [6.45, 7) is 1.73. The zero-order valence-electron chi connectivity index (χ0n) is 16.9. The van der Waals surface area contributed by atoms with E-state index in [-0.39, 0.29) is 13.2 Å². The Labute approximate surface area is 173 Å². The van der Waals surface area contributed by atoms with Crippen molar-refractivity contribution in [3.05, 3.63) is 35.9 Å². The number of ether oxygens (including phenoxy) is 2. The largest absolute Gasteiger partial charge is 0.453 e. The molecule has 0 bridgehead atoms. The van der Waals surface area contributed by atoms with Crippen molar-refractivity contribution in [1.29, 1.82) is 0 Å². The second kappa shape index (κ2) is 8.70. The van der Waals surface area contributed by atoms with E-state index < -0.39 is 41.7 Å². The minimum Gasteiger partial charge on any atom is -0.453 e. The highest BCUT2D eigenvalue weighted by Gasteiger charge is 2.62. The van der Waals surface area contributed by atoms with Gasteiger partial charge < -0.3 is 19.9 Å². The number of aliphatic hydroxyl groups excluding tert-OH is 1. The number of nitrogens with one attached hydrogen (secondary N) is 1. The summed E-state index contributed by atoms with van der Waals surface area (Å²) in [5, 5.41) is 12.1. The number of alkyl carbamates (subject to hydrolysis) is 1. The Morgan fingerprint density at radius 3 is 2.57 bits per heavy atom. The molecule has 2 fully saturated rings. The number of imide groups is 1. The van der Waals surface area contributed by atoms with Gasteiger partial charge in [-0.25, -0.2) is 9.59 Å². The number of amides is 4. The van der Waals surface area contributed by atoms with E-state index in [2.05, 4.69) is 10.1 Å². The Morgan fingerprint density at radius 2 is 1.97 bits per heavy atom. The van der Waals surface area contributed by atoms with Crippen LogP contribution in [-0.2, 0) is 25.7 Å². The molecule has 2 saturated heterocycles. The van der Waals surface area contributed by atoms with Crippen LogP contribution in [0.3, 0.4) is 0 Å². The van der Waals surface area contributed by atoms with Gasteiger partial charge in [0.2, 0.25) is 0 Å².